The minimum Gasteiger partial charge on any atom is -0.465 e. The molecule has 3 saturated heterocycles. The van der Waals surface area contributed by atoms with Crippen molar-refractivity contribution in [1.82, 2.24) is 9.80 Å². The zero-order valence-electron chi connectivity index (χ0n) is 20.8. The lowest BCUT2D eigenvalue weighted by Gasteiger charge is -2.38. The summed E-state index contributed by atoms with van der Waals surface area (Å²) in [6.07, 6.45) is 7.06. The van der Waals surface area contributed by atoms with Gasteiger partial charge in [-0.25, -0.2) is 0 Å². The fraction of sp³-hybridized carbons (Fsp3) is 0.731. The van der Waals surface area contributed by atoms with E-state index in [2.05, 4.69) is 13.2 Å². The molecule has 0 radical (unpaired) electrons. The van der Waals surface area contributed by atoms with Crippen molar-refractivity contribution in [2.24, 2.45) is 11.8 Å². The van der Waals surface area contributed by atoms with Crippen LogP contribution in [0.15, 0.2) is 25.3 Å². The van der Waals surface area contributed by atoms with E-state index in [1.807, 2.05) is 20.8 Å². The molecular weight excluding hydrogens is 436 g/mol. The molecule has 2 bridgehead atoms. The average molecular weight is 477 g/mol. The molecule has 3 aliphatic rings. The Kier molecular flexibility index (Phi) is 8.24. The number of rotatable bonds is 13. The molecule has 3 fully saturated rings. The number of nitrogens with zero attached hydrogens (tertiary/aromatic N) is 2. The molecule has 1 spiro atoms. The van der Waals surface area contributed by atoms with Crippen LogP contribution in [0.5, 0.6) is 0 Å². The predicted octanol–water partition coefficient (Wildman–Crippen LogP) is 2.46. The van der Waals surface area contributed by atoms with Crippen LogP contribution in [0.2, 0.25) is 0 Å². The predicted molar refractivity (Wildman–Crippen MR) is 128 cm³/mol. The molecule has 3 rings (SSSR count). The molecule has 190 valence electrons. The summed E-state index contributed by atoms with van der Waals surface area (Å²) in [5.41, 5.74) is -1.89. The van der Waals surface area contributed by atoms with Crippen molar-refractivity contribution >= 4 is 17.8 Å². The molecule has 2 unspecified atom stereocenters. The number of esters is 1. The third kappa shape index (κ3) is 4.42. The summed E-state index contributed by atoms with van der Waals surface area (Å²) in [6.45, 7) is 14.2. The number of carbonyl (C=O) groups is 3. The number of amides is 2. The molecule has 34 heavy (non-hydrogen) atoms. The Hall–Kier alpha value is -2.19. The summed E-state index contributed by atoms with van der Waals surface area (Å²) in [7, 11) is 0. The van der Waals surface area contributed by atoms with Gasteiger partial charge < -0.3 is 24.4 Å². The van der Waals surface area contributed by atoms with Crippen molar-refractivity contribution in [2.45, 2.75) is 82.6 Å². The minimum absolute atomic E-state index is 0.0119. The van der Waals surface area contributed by atoms with Gasteiger partial charge in [0.1, 0.15) is 17.6 Å². The maximum atomic E-state index is 13.9. The minimum atomic E-state index is -1.05. The summed E-state index contributed by atoms with van der Waals surface area (Å²) >= 11 is 0. The zero-order valence-corrected chi connectivity index (χ0v) is 20.8. The van der Waals surface area contributed by atoms with Gasteiger partial charge in [0.25, 0.3) is 0 Å². The third-order valence-corrected chi connectivity index (χ3v) is 7.60. The normalized spacial score (nSPS) is 31.6. The number of ether oxygens (including phenoxy) is 2. The number of aliphatic hydroxyl groups is 1. The van der Waals surface area contributed by atoms with Crippen molar-refractivity contribution in [3.05, 3.63) is 25.3 Å². The van der Waals surface area contributed by atoms with Gasteiger partial charge in [-0.15, -0.1) is 13.2 Å². The van der Waals surface area contributed by atoms with Gasteiger partial charge in [-0.1, -0.05) is 12.2 Å². The maximum Gasteiger partial charge on any atom is 0.312 e. The van der Waals surface area contributed by atoms with Crippen LogP contribution in [0.4, 0.5) is 0 Å². The number of hydrogen-bond acceptors (Lipinski definition) is 6. The highest BCUT2D eigenvalue weighted by atomic mass is 16.6. The number of fused-ring (bicyclic) bond motifs is 1. The molecule has 0 aromatic carbocycles. The number of allylic oxidation sites excluding steroid dienone is 1. The Labute approximate surface area is 202 Å². The highest BCUT2D eigenvalue weighted by molar-refractivity contribution is 5.98. The molecule has 0 aliphatic carbocycles. The van der Waals surface area contributed by atoms with Crippen LogP contribution in [0.3, 0.4) is 0 Å². The van der Waals surface area contributed by atoms with Crippen LogP contribution in [0.1, 0.15) is 59.3 Å². The molecule has 8 nitrogen and oxygen atoms in total. The van der Waals surface area contributed by atoms with Crippen LogP contribution < -0.4 is 0 Å². The SMILES string of the molecule is C=CCCCOC(=O)[C@@H]1[C@H]2C(=O)N(CCCCO)C(C(=O)N(CC=C)C(C)C)C23CC[C@@]1(C)O3. The van der Waals surface area contributed by atoms with Gasteiger partial charge in [0.15, 0.2) is 0 Å². The lowest BCUT2D eigenvalue weighted by Crippen LogP contribution is -2.57. The van der Waals surface area contributed by atoms with Gasteiger partial charge in [0, 0.05) is 25.7 Å². The van der Waals surface area contributed by atoms with E-state index in [4.69, 9.17) is 9.47 Å². The molecule has 2 amide bonds. The highest BCUT2D eigenvalue weighted by Crippen LogP contribution is 2.63. The molecule has 8 heteroatoms. The van der Waals surface area contributed by atoms with E-state index < -0.39 is 35.0 Å². The molecule has 1 N–H and O–H groups in total. The van der Waals surface area contributed by atoms with Gasteiger partial charge in [0.2, 0.25) is 11.8 Å². The van der Waals surface area contributed by atoms with Gasteiger partial charge in [-0.3, -0.25) is 14.4 Å². The summed E-state index contributed by atoms with van der Waals surface area (Å²) in [4.78, 5) is 44.3. The summed E-state index contributed by atoms with van der Waals surface area (Å²) < 4.78 is 12.2. The molecule has 3 aliphatic heterocycles. The van der Waals surface area contributed by atoms with Crippen LogP contribution in [-0.2, 0) is 23.9 Å². The quantitative estimate of drug-likeness (QED) is 0.249. The standard InChI is InChI=1S/C26H40N2O6/c1-6-8-11-17-33-24(32)20-19-22(30)28(15-9-10-16-29)21(23(31)27(14-7-2)18(3)4)26(19)13-12-25(20,5)34-26/h6-7,18-21,29H,1-2,8-17H2,3-5H3/t19-,20-,21?,25+,26?/m0/s1. The molecule has 0 saturated carbocycles. The average Bonchev–Trinajstić information content (AvgIpc) is 3.35. The van der Waals surface area contributed by atoms with Crippen molar-refractivity contribution in [1.29, 1.82) is 0 Å². The van der Waals surface area contributed by atoms with Gasteiger partial charge in [-0.05, 0) is 59.3 Å². The van der Waals surface area contributed by atoms with Crippen molar-refractivity contribution < 1.29 is 29.0 Å². The first kappa shape index (κ1) is 26.4. The van der Waals surface area contributed by atoms with Crippen LogP contribution in [0.25, 0.3) is 0 Å². The number of likely N-dealkylation sites (tertiary alicyclic amines) is 1. The smallest absolute Gasteiger partial charge is 0.312 e. The number of hydrogen-bond donors (Lipinski definition) is 1. The Bertz CT molecular complexity index is 813. The number of aliphatic hydroxyl groups excluding tert-OH is 1. The van der Waals surface area contributed by atoms with E-state index in [0.29, 0.717) is 45.2 Å². The van der Waals surface area contributed by atoms with Crippen LogP contribution >= 0.6 is 0 Å². The second-order valence-electron chi connectivity index (χ2n) is 10.2. The molecule has 3 heterocycles. The molecule has 0 aromatic heterocycles. The van der Waals surface area contributed by atoms with Crippen molar-refractivity contribution in [3.8, 4) is 0 Å². The summed E-state index contributed by atoms with van der Waals surface area (Å²) in [6, 6.07) is -0.901. The lowest BCUT2D eigenvalue weighted by molar-refractivity contribution is -0.160. The van der Waals surface area contributed by atoms with Crippen LogP contribution in [-0.4, -0.2) is 82.3 Å². The van der Waals surface area contributed by atoms with Crippen molar-refractivity contribution in [3.63, 3.8) is 0 Å². The Morgan fingerprint density at radius 2 is 2.00 bits per heavy atom. The van der Waals surface area contributed by atoms with Crippen LogP contribution in [0, 0.1) is 11.8 Å². The second kappa shape index (κ2) is 10.6. The van der Waals surface area contributed by atoms with E-state index >= 15 is 0 Å². The zero-order chi connectivity index (χ0) is 25.1. The topological polar surface area (TPSA) is 96.4 Å². The van der Waals surface area contributed by atoms with E-state index in [-0.39, 0.29) is 31.1 Å². The summed E-state index contributed by atoms with van der Waals surface area (Å²) in [5.74, 6) is -2.34. The largest absolute Gasteiger partial charge is 0.465 e. The van der Waals surface area contributed by atoms with Gasteiger partial charge >= 0.3 is 5.97 Å². The van der Waals surface area contributed by atoms with Crippen molar-refractivity contribution in [2.75, 3.05) is 26.3 Å². The molecule has 0 aromatic rings. The highest BCUT2D eigenvalue weighted by Gasteiger charge is 2.78. The fourth-order valence-corrected chi connectivity index (χ4v) is 6.04. The lowest BCUT2D eigenvalue weighted by atomic mass is 9.66. The fourth-order valence-electron chi connectivity index (χ4n) is 6.04. The Morgan fingerprint density at radius 3 is 2.62 bits per heavy atom. The number of carbonyl (C=O) groups excluding carboxylic acids is 3. The van der Waals surface area contributed by atoms with Gasteiger partial charge in [-0.2, -0.15) is 0 Å². The first-order chi connectivity index (χ1) is 16.2. The van der Waals surface area contributed by atoms with E-state index in [1.54, 1.807) is 22.0 Å². The van der Waals surface area contributed by atoms with E-state index in [0.717, 1.165) is 6.42 Å². The second-order valence-corrected chi connectivity index (χ2v) is 10.2. The number of unbranched alkanes of at least 4 members (excludes halogenated alkanes) is 2. The maximum absolute atomic E-state index is 13.9. The van der Waals surface area contributed by atoms with E-state index in [9.17, 15) is 19.5 Å². The molecule has 5 atom stereocenters. The first-order valence-electron chi connectivity index (χ1n) is 12.5. The monoisotopic (exact) mass is 476 g/mol. The summed E-state index contributed by atoms with van der Waals surface area (Å²) in [5, 5.41) is 9.26. The Morgan fingerprint density at radius 1 is 1.26 bits per heavy atom. The Balaban J connectivity index is 1.97. The molecular formula is C26H40N2O6. The van der Waals surface area contributed by atoms with Gasteiger partial charge in [0.05, 0.1) is 18.1 Å². The third-order valence-electron chi connectivity index (χ3n) is 7.60. The first-order valence-corrected chi connectivity index (χ1v) is 12.5. The van der Waals surface area contributed by atoms with E-state index in [1.165, 1.54) is 0 Å².